The molecule has 170 valence electrons. The normalized spacial score (nSPS) is 11.4. The van der Waals surface area contributed by atoms with Gasteiger partial charge in [0.15, 0.2) is 0 Å². The van der Waals surface area contributed by atoms with Crippen molar-refractivity contribution >= 4 is 5.91 Å². The molecule has 0 bridgehead atoms. The Balaban J connectivity index is 1.79. The summed E-state index contributed by atoms with van der Waals surface area (Å²) in [6.07, 6.45) is -0.760. The number of amides is 1. The van der Waals surface area contributed by atoms with Crippen molar-refractivity contribution < 1.29 is 22.7 Å². The van der Waals surface area contributed by atoms with Crippen LogP contribution in [-0.2, 0) is 19.3 Å². The van der Waals surface area contributed by atoms with Crippen molar-refractivity contribution in [2.45, 2.75) is 39.0 Å². The molecule has 2 aromatic carbocycles. The summed E-state index contributed by atoms with van der Waals surface area (Å²) in [5.74, 6) is 0.500. The summed E-state index contributed by atoms with van der Waals surface area (Å²) in [5, 5.41) is 0. The standard InChI is InChI=1S/C25H27F3N2O2/c1-3-4-14-30(24(31)20-10-12-21(13-11-20)25(26,27)28)18-22-8-6-15-29(22)17-19-7-5-9-23(16-19)32-2/h5-13,15-16H,3-4,14,17-18H2,1-2H3. The lowest BCUT2D eigenvalue weighted by molar-refractivity contribution is -0.137. The molecule has 4 nitrogen and oxygen atoms in total. The van der Waals surface area contributed by atoms with Crippen LogP contribution in [0.25, 0.3) is 0 Å². The van der Waals surface area contributed by atoms with Gasteiger partial charge in [-0.1, -0.05) is 25.5 Å². The summed E-state index contributed by atoms with van der Waals surface area (Å²) in [4.78, 5) is 14.8. The SMILES string of the molecule is CCCCN(Cc1cccn1Cc1cccc(OC)c1)C(=O)c1ccc(C(F)(F)F)cc1. The lowest BCUT2D eigenvalue weighted by Gasteiger charge is -2.24. The van der Waals surface area contributed by atoms with Crippen LogP contribution in [0.15, 0.2) is 66.9 Å². The van der Waals surface area contributed by atoms with Crippen LogP contribution in [0.5, 0.6) is 5.75 Å². The van der Waals surface area contributed by atoms with E-state index in [4.69, 9.17) is 4.74 Å². The minimum absolute atomic E-state index is 0.250. The number of hydrogen-bond acceptors (Lipinski definition) is 2. The second-order valence-electron chi connectivity index (χ2n) is 7.63. The Morgan fingerprint density at radius 2 is 1.81 bits per heavy atom. The van der Waals surface area contributed by atoms with E-state index in [2.05, 4.69) is 4.57 Å². The van der Waals surface area contributed by atoms with Gasteiger partial charge in [-0.3, -0.25) is 4.79 Å². The van der Waals surface area contributed by atoms with E-state index in [9.17, 15) is 18.0 Å². The molecule has 0 saturated carbocycles. The number of carbonyl (C=O) groups is 1. The summed E-state index contributed by atoms with van der Waals surface area (Å²) in [7, 11) is 1.62. The lowest BCUT2D eigenvalue weighted by atomic mass is 10.1. The minimum atomic E-state index is -4.43. The van der Waals surface area contributed by atoms with Gasteiger partial charge in [-0.2, -0.15) is 13.2 Å². The highest BCUT2D eigenvalue weighted by molar-refractivity contribution is 5.94. The Bertz CT molecular complexity index is 1030. The smallest absolute Gasteiger partial charge is 0.416 e. The highest BCUT2D eigenvalue weighted by atomic mass is 19.4. The van der Waals surface area contributed by atoms with E-state index in [1.807, 2.05) is 49.5 Å². The topological polar surface area (TPSA) is 34.5 Å². The first-order valence-electron chi connectivity index (χ1n) is 10.5. The number of methoxy groups -OCH3 is 1. The number of hydrogen-bond donors (Lipinski definition) is 0. The van der Waals surface area contributed by atoms with E-state index in [0.717, 1.165) is 42.0 Å². The summed E-state index contributed by atoms with van der Waals surface area (Å²) in [5.41, 5.74) is 1.50. The van der Waals surface area contributed by atoms with Crippen LogP contribution in [0.4, 0.5) is 13.2 Å². The molecule has 1 amide bonds. The Morgan fingerprint density at radius 1 is 1.06 bits per heavy atom. The third-order valence-corrected chi connectivity index (χ3v) is 5.29. The monoisotopic (exact) mass is 444 g/mol. The number of ether oxygens (including phenoxy) is 1. The van der Waals surface area contributed by atoms with Crippen LogP contribution >= 0.6 is 0 Å². The number of unbranched alkanes of at least 4 members (excludes halogenated alkanes) is 1. The number of rotatable bonds is 9. The van der Waals surface area contributed by atoms with Crippen LogP contribution in [0.3, 0.4) is 0 Å². The summed E-state index contributed by atoms with van der Waals surface area (Å²) in [6, 6.07) is 16.1. The molecule has 0 unspecified atom stereocenters. The average Bonchev–Trinajstić information content (AvgIpc) is 3.22. The largest absolute Gasteiger partial charge is 0.497 e. The molecule has 0 radical (unpaired) electrons. The van der Waals surface area contributed by atoms with Gasteiger partial charge in [0, 0.05) is 30.5 Å². The van der Waals surface area contributed by atoms with E-state index >= 15 is 0 Å². The fourth-order valence-corrected chi connectivity index (χ4v) is 3.50. The van der Waals surface area contributed by atoms with E-state index in [0.29, 0.717) is 19.6 Å². The van der Waals surface area contributed by atoms with Gasteiger partial charge in [0.1, 0.15) is 5.75 Å². The van der Waals surface area contributed by atoms with Crippen molar-refractivity contribution in [1.29, 1.82) is 0 Å². The molecule has 1 aromatic heterocycles. The Labute approximate surface area is 186 Å². The molecule has 0 fully saturated rings. The molecule has 0 aliphatic carbocycles. The molecule has 0 aliphatic heterocycles. The van der Waals surface area contributed by atoms with Gasteiger partial charge < -0.3 is 14.2 Å². The maximum atomic E-state index is 13.1. The maximum absolute atomic E-state index is 13.1. The molecule has 0 saturated heterocycles. The maximum Gasteiger partial charge on any atom is 0.416 e. The molecule has 32 heavy (non-hydrogen) atoms. The van der Waals surface area contributed by atoms with Gasteiger partial charge in [-0.05, 0) is 60.5 Å². The first kappa shape index (κ1) is 23.4. The highest BCUT2D eigenvalue weighted by Crippen LogP contribution is 2.29. The molecule has 0 atom stereocenters. The van der Waals surface area contributed by atoms with Crippen LogP contribution in [0.1, 0.15) is 46.9 Å². The van der Waals surface area contributed by atoms with Crippen molar-refractivity contribution in [3.8, 4) is 5.75 Å². The molecule has 7 heteroatoms. The van der Waals surface area contributed by atoms with Crippen molar-refractivity contribution in [2.75, 3.05) is 13.7 Å². The quantitative estimate of drug-likeness (QED) is 0.405. The zero-order chi connectivity index (χ0) is 23.1. The van der Waals surface area contributed by atoms with Crippen LogP contribution in [0.2, 0.25) is 0 Å². The fraction of sp³-hybridized carbons (Fsp3) is 0.320. The molecule has 0 spiro atoms. The predicted octanol–water partition coefficient (Wildman–Crippen LogP) is 6.01. The predicted molar refractivity (Wildman–Crippen MR) is 118 cm³/mol. The van der Waals surface area contributed by atoms with E-state index < -0.39 is 11.7 Å². The zero-order valence-electron chi connectivity index (χ0n) is 18.2. The van der Waals surface area contributed by atoms with Crippen molar-refractivity contribution in [1.82, 2.24) is 9.47 Å². The first-order valence-corrected chi connectivity index (χ1v) is 10.5. The summed E-state index contributed by atoms with van der Waals surface area (Å²) in [6.45, 7) is 3.55. The van der Waals surface area contributed by atoms with Crippen molar-refractivity contribution in [3.63, 3.8) is 0 Å². The summed E-state index contributed by atoms with van der Waals surface area (Å²) < 4.78 is 45.9. The third kappa shape index (κ3) is 5.93. The van der Waals surface area contributed by atoms with Gasteiger partial charge in [0.05, 0.1) is 19.2 Å². The second kappa shape index (κ2) is 10.4. The van der Waals surface area contributed by atoms with Gasteiger partial charge in [-0.15, -0.1) is 0 Å². The molecular formula is C25H27F3N2O2. The average molecular weight is 444 g/mol. The van der Waals surface area contributed by atoms with E-state index in [-0.39, 0.29) is 11.5 Å². The van der Waals surface area contributed by atoms with Crippen molar-refractivity contribution in [3.05, 3.63) is 89.2 Å². The molecule has 3 aromatic rings. The number of nitrogens with zero attached hydrogens (tertiary/aromatic N) is 2. The molecule has 0 aliphatic rings. The Hall–Kier alpha value is -3.22. The number of halogens is 3. The summed E-state index contributed by atoms with van der Waals surface area (Å²) >= 11 is 0. The Kier molecular flexibility index (Phi) is 7.62. The van der Waals surface area contributed by atoms with Gasteiger partial charge >= 0.3 is 6.18 Å². The van der Waals surface area contributed by atoms with Crippen LogP contribution < -0.4 is 4.74 Å². The molecule has 3 rings (SSSR count). The van der Waals surface area contributed by atoms with Gasteiger partial charge in [0.2, 0.25) is 0 Å². The lowest BCUT2D eigenvalue weighted by Crippen LogP contribution is -2.32. The molecular weight excluding hydrogens is 417 g/mol. The van der Waals surface area contributed by atoms with Crippen LogP contribution in [-0.4, -0.2) is 29.0 Å². The van der Waals surface area contributed by atoms with E-state index in [1.165, 1.54) is 12.1 Å². The number of carbonyl (C=O) groups excluding carboxylic acids is 1. The number of alkyl halides is 3. The van der Waals surface area contributed by atoms with Gasteiger partial charge in [0.25, 0.3) is 5.91 Å². The van der Waals surface area contributed by atoms with E-state index in [1.54, 1.807) is 12.0 Å². The third-order valence-electron chi connectivity index (χ3n) is 5.29. The number of aromatic nitrogens is 1. The fourth-order valence-electron chi connectivity index (χ4n) is 3.50. The number of benzene rings is 2. The van der Waals surface area contributed by atoms with Gasteiger partial charge in [-0.25, -0.2) is 0 Å². The minimum Gasteiger partial charge on any atom is -0.497 e. The second-order valence-corrected chi connectivity index (χ2v) is 7.63. The first-order chi connectivity index (χ1) is 15.3. The molecule has 1 heterocycles. The Morgan fingerprint density at radius 3 is 2.47 bits per heavy atom. The molecule has 0 N–H and O–H groups in total. The highest BCUT2D eigenvalue weighted by Gasteiger charge is 2.30. The van der Waals surface area contributed by atoms with Crippen LogP contribution in [0, 0.1) is 0 Å². The zero-order valence-corrected chi connectivity index (χ0v) is 18.2. The van der Waals surface area contributed by atoms with Crippen molar-refractivity contribution in [2.24, 2.45) is 0 Å².